The number of nitrogens with one attached hydrogen (secondary N) is 1. The van der Waals surface area contributed by atoms with Gasteiger partial charge in [-0.1, -0.05) is 0 Å². The first-order valence-corrected chi connectivity index (χ1v) is 9.88. The second-order valence-corrected chi connectivity index (χ2v) is 8.08. The molecule has 25 heavy (non-hydrogen) atoms. The van der Waals surface area contributed by atoms with Crippen molar-refractivity contribution in [3.63, 3.8) is 0 Å². The summed E-state index contributed by atoms with van der Waals surface area (Å²) >= 11 is 0. The van der Waals surface area contributed by atoms with Crippen LogP contribution in [0.2, 0.25) is 0 Å². The number of benzene rings is 1. The SMILES string of the molecule is CC[N+]1(C2(C(=O)Nc3c(C)cc(F)cc3C)CCC2)CCCCCC1. The minimum absolute atomic E-state index is 0.153. The Labute approximate surface area is 151 Å². The van der Waals surface area contributed by atoms with Crippen molar-refractivity contribution in [3.05, 3.63) is 29.1 Å². The van der Waals surface area contributed by atoms with E-state index in [9.17, 15) is 9.18 Å². The summed E-state index contributed by atoms with van der Waals surface area (Å²) in [6.07, 6.45) is 8.10. The molecule has 0 bridgehead atoms. The van der Waals surface area contributed by atoms with Crippen molar-refractivity contribution in [2.75, 3.05) is 25.0 Å². The Balaban J connectivity index is 1.91. The van der Waals surface area contributed by atoms with Crippen LogP contribution in [0, 0.1) is 19.7 Å². The molecule has 1 aliphatic heterocycles. The maximum absolute atomic E-state index is 13.6. The lowest BCUT2D eigenvalue weighted by Crippen LogP contribution is -2.72. The molecule has 1 saturated carbocycles. The fraction of sp³-hybridized carbons (Fsp3) is 0.667. The number of quaternary nitrogens is 1. The van der Waals surface area contributed by atoms with Crippen LogP contribution in [0.15, 0.2) is 12.1 Å². The van der Waals surface area contributed by atoms with Crippen LogP contribution >= 0.6 is 0 Å². The van der Waals surface area contributed by atoms with Gasteiger partial charge >= 0.3 is 0 Å². The second-order valence-electron chi connectivity index (χ2n) is 8.08. The van der Waals surface area contributed by atoms with Crippen molar-refractivity contribution in [3.8, 4) is 0 Å². The number of carbonyl (C=O) groups is 1. The van der Waals surface area contributed by atoms with Gasteiger partial charge in [0.15, 0.2) is 5.54 Å². The third kappa shape index (κ3) is 3.10. The van der Waals surface area contributed by atoms with Crippen LogP contribution in [-0.4, -0.2) is 35.6 Å². The molecule has 4 heteroatoms. The monoisotopic (exact) mass is 347 g/mol. The van der Waals surface area contributed by atoms with E-state index < -0.39 is 0 Å². The molecule has 2 aliphatic rings. The molecule has 1 N–H and O–H groups in total. The Morgan fingerprint density at radius 1 is 1.08 bits per heavy atom. The lowest BCUT2D eigenvalue weighted by Gasteiger charge is -2.56. The van der Waals surface area contributed by atoms with Gasteiger partial charge in [0.2, 0.25) is 0 Å². The molecule has 0 unspecified atom stereocenters. The van der Waals surface area contributed by atoms with Gasteiger partial charge in [-0.15, -0.1) is 0 Å². The maximum atomic E-state index is 13.6. The van der Waals surface area contributed by atoms with Crippen LogP contribution in [-0.2, 0) is 4.79 Å². The molecule has 0 radical (unpaired) electrons. The number of hydrogen-bond acceptors (Lipinski definition) is 1. The van der Waals surface area contributed by atoms with Gasteiger partial charge in [-0.2, -0.15) is 0 Å². The Kier molecular flexibility index (Phi) is 5.19. The highest BCUT2D eigenvalue weighted by Crippen LogP contribution is 2.45. The molecule has 138 valence electrons. The minimum Gasteiger partial charge on any atom is -0.320 e. The molecule has 1 saturated heterocycles. The first-order valence-electron chi connectivity index (χ1n) is 9.88. The molecule has 1 aliphatic carbocycles. The van der Waals surface area contributed by atoms with Gasteiger partial charge in [0.25, 0.3) is 5.91 Å². The molecule has 1 amide bonds. The van der Waals surface area contributed by atoms with E-state index in [0.29, 0.717) is 0 Å². The van der Waals surface area contributed by atoms with Gasteiger partial charge in [0, 0.05) is 18.5 Å². The van der Waals surface area contributed by atoms with E-state index in [1.165, 1.54) is 37.8 Å². The van der Waals surface area contributed by atoms with E-state index in [1.54, 1.807) is 0 Å². The van der Waals surface area contributed by atoms with E-state index in [1.807, 2.05) is 13.8 Å². The van der Waals surface area contributed by atoms with Crippen LogP contribution in [0.1, 0.15) is 63.0 Å². The van der Waals surface area contributed by atoms with Gasteiger partial charge in [0.05, 0.1) is 19.6 Å². The topological polar surface area (TPSA) is 29.1 Å². The maximum Gasteiger partial charge on any atom is 0.285 e. The number of aryl methyl sites for hydroxylation is 2. The number of likely N-dealkylation sites (N-methyl/N-ethyl adjacent to an activating group) is 1. The lowest BCUT2D eigenvalue weighted by molar-refractivity contribution is -0.970. The highest BCUT2D eigenvalue weighted by atomic mass is 19.1. The normalized spacial score (nSPS) is 21.9. The van der Waals surface area contributed by atoms with E-state index in [0.717, 1.165) is 60.2 Å². The molecular weight excluding hydrogens is 315 g/mol. The van der Waals surface area contributed by atoms with Crippen molar-refractivity contribution in [2.45, 2.75) is 71.3 Å². The molecule has 0 aromatic heterocycles. The van der Waals surface area contributed by atoms with E-state index in [2.05, 4.69) is 12.2 Å². The number of nitrogens with zero attached hydrogens (tertiary/aromatic N) is 1. The fourth-order valence-electron chi connectivity index (χ4n) is 5.11. The van der Waals surface area contributed by atoms with Gasteiger partial charge in [0.1, 0.15) is 5.82 Å². The van der Waals surface area contributed by atoms with Crippen molar-refractivity contribution in [1.29, 1.82) is 0 Å². The number of halogens is 1. The Morgan fingerprint density at radius 2 is 1.64 bits per heavy atom. The van der Waals surface area contributed by atoms with Crippen molar-refractivity contribution in [2.24, 2.45) is 0 Å². The predicted molar refractivity (Wildman–Crippen MR) is 100 cm³/mol. The zero-order chi connectivity index (χ0) is 18.1. The van der Waals surface area contributed by atoms with Gasteiger partial charge in [-0.25, -0.2) is 4.39 Å². The highest BCUT2D eigenvalue weighted by molar-refractivity contribution is 5.99. The minimum atomic E-state index is -0.285. The van der Waals surface area contributed by atoms with Gasteiger partial charge in [-0.05, 0) is 76.1 Å². The Hall–Kier alpha value is -1.42. The van der Waals surface area contributed by atoms with E-state index in [-0.39, 0.29) is 17.3 Å². The number of rotatable bonds is 4. The Bertz CT molecular complexity index is 620. The van der Waals surface area contributed by atoms with Crippen LogP contribution in [0.4, 0.5) is 10.1 Å². The quantitative estimate of drug-likeness (QED) is 0.785. The number of amides is 1. The molecule has 1 heterocycles. The van der Waals surface area contributed by atoms with Crippen LogP contribution in [0.5, 0.6) is 0 Å². The predicted octanol–water partition coefficient (Wildman–Crippen LogP) is 4.71. The molecular formula is C21H32FN2O+. The van der Waals surface area contributed by atoms with Crippen molar-refractivity contribution < 1.29 is 13.7 Å². The van der Waals surface area contributed by atoms with E-state index in [4.69, 9.17) is 0 Å². The zero-order valence-electron chi connectivity index (χ0n) is 16.0. The van der Waals surface area contributed by atoms with Crippen LogP contribution in [0.25, 0.3) is 0 Å². The second kappa shape index (κ2) is 7.06. The summed E-state index contributed by atoms with van der Waals surface area (Å²) in [6, 6.07) is 3.01. The number of likely N-dealkylation sites (tertiary alicyclic amines) is 1. The highest BCUT2D eigenvalue weighted by Gasteiger charge is 2.59. The third-order valence-corrected chi connectivity index (χ3v) is 6.77. The smallest absolute Gasteiger partial charge is 0.285 e. The third-order valence-electron chi connectivity index (χ3n) is 6.77. The molecule has 1 aromatic rings. The van der Waals surface area contributed by atoms with Crippen LogP contribution in [0.3, 0.4) is 0 Å². The summed E-state index contributed by atoms with van der Waals surface area (Å²) in [5.41, 5.74) is 2.12. The zero-order valence-corrected chi connectivity index (χ0v) is 16.0. The summed E-state index contributed by atoms with van der Waals surface area (Å²) in [6.45, 7) is 9.24. The van der Waals surface area contributed by atoms with Gasteiger partial charge in [-0.3, -0.25) is 4.79 Å². The van der Waals surface area contributed by atoms with Crippen molar-refractivity contribution >= 4 is 11.6 Å². The summed E-state index contributed by atoms with van der Waals surface area (Å²) in [5, 5.41) is 3.20. The van der Waals surface area contributed by atoms with E-state index >= 15 is 0 Å². The number of hydrogen-bond donors (Lipinski definition) is 1. The van der Waals surface area contributed by atoms with Gasteiger partial charge < -0.3 is 9.80 Å². The molecule has 1 aromatic carbocycles. The molecule has 0 spiro atoms. The largest absolute Gasteiger partial charge is 0.320 e. The Morgan fingerprint density at radius 3 is 2.08 bits per heavy atom. The summed E-state index contributed by atoms with van der Waals surface area (Å²) < 4.78 is 14.5. The molecule has 3 rings (SSSR count). The summed E-state index contributed by atoms with van der Waals surface area (Å²) in [5.74, 6) is -0.0868. The molecule has 2 fully saturated rings. The number of anilines is 1. The molecule has 3 nitrogen and oxygen atoms in total. The van der Waals surface area contributed by atoms with Crippen molar-refractivity contribution in [1.82, 2.24) is 0 Å². The first-order chi connectivity index (χ1) is 11.9. The lowest BCUT2D eigenvalue weighted by atomic mass is 9.72. The standard InChI is InChI=1S/C21H31FN2O/c1-4-24(12-7-5-6-8-13-24)21(10-9-11-21)20(25)23-19-16(2)14-18(22)15-17(19)3/h14-15H,4-13H2,1-3H3/p+1. The fourth-order valence-corrected chi connectivity index (χ4v) is 5.11. The first kappa shape index (κ1) is 18.4. The van der Waals surface area contributed by atoms with Crippen LogP contribution < -0.4 is 5.32 Å². The molecule has 0 atom stereocenters. The number of carbonyl (C=O) groups excluding carboxylic acids is 1. The summed E-state index contributed by atoms with van der Waals surface area (Å²) in [7, 11) is 0. The average molecular weight is 347 g/mol. The summed E-state index contributed by atoms with van der Waals surface area (Å²) in [4.78, 5) is 13.5. The average Bonchev–Trinajstić information content (AvgIpc) is 2.76.